The highest BCUT2D eigenvalue weighted by Crippen LogP contribution is 2.28. The van der Waals surface area contributed by atoms with Crippen molar-refractivity contribution in [1.82, 2.24) is 24.2 Å². The summed E-state index contributed by atoms with van der Waals surface area (Å²) in [6.07, 6.45) is 1.23. The molecular formula is C13H25N5O3S. The minimum atomic E-state index is -3.25. The fourth-order valence-electron chi connectivity index (χ4n) is 2.57. The van der Waals surface area contributed by atoms with Crippen LogP contribution in [0.2, 0.25) is 0 Å². The van der Waals surface area contributed by atoms with Crippen LogP contribution < -0.4 is 0 Å². The Morgan fingerprint density at radius 1 is 1.41 bits per heavy atom. The Labute approximate surface area is 132 Å². The number of ether oxygens (including phenoxy) is 1. The fraction of sp³-hybridized carbons (Fsp3) is 0.846. The van der Waals surface area contributed by atoms with Gasteiger partial charge in [0.15, 0.2) is 0 Å². The van der Waals surface area contributed by atoms with Crippen molar-refractivity contribution >= 4 is 10.0 Å². The van der Waals surface area contributed by atoms with E-state index in [0.29, 0.717) is 26.3 Å². The number of hydrogen-bond acceptors (Lipinski definition) is 6. The van der Waals surface area contributed by atoms with E-state index >= 15 is 0 Å². The van der Waals surface area contributed by atoms with Crippen LogP contribution in [0.5, 0.6) is 0 Å². The molecule has 126 valence electrons. The molecule has 1 aromatic heterocycles. The Hall–Kier alpha value is -1.03. The lowest BCUT2D eigenvalue weighted by Crippen LogP contribution is -2.40. The van der Waals surface area contributed by atoms with E-state index < -0.39 is 10.0 Å². The Morgan fingerprint density at radius 2 is 2.14 bits per heavy atom. The minimum Gasteiger partial charge on any atom is -0.379 e. The smallest absolute Gasteiger partial charge is 0.211 e. The molecule has 2 rings (SSSR count). The van der Waals surface area contributed by atoms with Crippen LogP contribution >= 0.6 is 0 Å². The van der Waals surface area contributed by atoms with E-state index in [0.717, 1.165) is 24.5 Å². The fourth-order valence-corrected chi connectivity index (χ4v) is 3.38. The highest BCUT2D eigenvalue weighted by Gasteiger charge is 2.34. The third kappa shape index (κ3) is 4.03. The van der Waals surface area contributed by atoms with Crippen LogP contribution in [-0.2, 0) is 27.8 Å². The number of aromatic nitrogens is 3. The van der Waals surface area contributed by atoms with Gasteiger partial charge >= 0.3 is 0 Å². The van der Waals surface area contributed by atoms with Gasteiger partial charge in [0.25, 0.3) is 0 Å². The molecule has 0 aliphatic carbocycles. The molecule has 1 aliphatic rings. The monoisotopic (exact) mass is 331 g/mol. The van der Waals surface area contributed by atoms with Crippen LogP contribution in [0.3, 0.4) is 0 Å². The molecule has 2 heterocycles. The number of rotatable bonds is 7. The topological polar surface area (TPSA) is 80.6 Å². The maximum Gasteiger partial charge on any atom is 0.211 e. The van der Waals surface area contributed by atoms with Crippen LogP contribution in [0, 0.1) is 0 Å². The van der Waals surface area contributed by atoms with Gasteiger partial charge in [-0.15, -0.1) is 5.10 Å². The van der Waals surface area contributed by atoms with E-state index in [2.05, 4.69) is 10.3 Å². The number of nitrogens with zero attached hydrogens (tertiary/aromatic N) is 5. The van der Waals surface area contributed by atoms with Crippen molar-refractivity contribution in [3.63, 3.8) is 0 Å². The lowest BCUT2D eigenvalue weighted by Gasteiger charge is -2.30. The van der Waals surface area contributed by atoms with Gasteiger partial charge in [0.2, 0.25) is 10.0 Å². The summed E-state index contributed by atoms with van der Waals surface area (Å²) in [6, 6.07) is 0. The van der Waals surface area contributed by atoms with Crippen LogP contribution in [0.15, 0.2) is 0 Å². The maximum atomic E-state index is 11.9. The third-order valence-electron chi connectivity index (χ3n) is 3.75. The molecule has 0 spiro atoms. The first-order valence-corrected chi connectivity index (χ1v) is 9.27. The molecule has 22 heavy (non-hydrogen) atoms. The number of aryl methyl sites for hydroxylation is 1. The largest absolute Gasteiger partial charge is 0.379 e. The molecule has 0 aromatic carbocycles. The predicted octanol–water partition coefficient (Wildman–Crippen LogP) is -0.265. The molecular weight excluding hydrogens is 306 g/mol. The molecule has 0 saturated heterocycles. The SMILES string of the molecule is CCn1nnc2c1[C@@H](COCCN(C)C)CN(S(C)(=O)=O)C2. The highest BCUT2D eigenvalue weighted by atomic mass is 32.2. The molecule has 0 saturated carbocycles. The summed E-state index contributed by atoms with van der Waals surface area (Å²) >= 11 is 0. The molecule has 9 heteroatoms. The molecule has 0 unspecified atom stereocenters. The average molecular weight is 331 g/mol. The van der Waals surface area contributed by atoms with Crippen molar-refractivity contribution in [1.29, 1.82) is 0 Å². The van der Waals surface area contributed by atoms with E-state index in [9.17, 15) is 8.42 Å². The number of likely N-dealkylation sites (N-methyl/N-ethyl adjacent to an activating group) is 1. The number of hydrogen-bond donors (Lipinski definition) is 0. The molecule has 0 radical (unpaired) electrons. The van der Waals surface area contributed by atoms with Gasteiger partial charge in [-0.05, 0) is 21.0 Å². The minimum absolute atomic E-state index is 0.0319. The average Bonchev–Trinajstić information content (AvgIpc) is 2.85. The second-order valence-corrected chi connectivity index (χ2v) is 7.85. The summed E-state index contributed by atoms with van der Waals surface area (Å²) in [5.74, 6) is -0.0319. The zero-order chi connectivity index (χ0) is 16.3. The van der Waals surface area contributed by atoms with E-state index in [1.165, 1.54) is 10.6 Å². The predicted molar refractivity (Wildman–Crippen MR) is 83.1 cm³/mol. The zero-order valence-electron chi connectivity index (χ0n) is 13.7. The highest BCUT2D eigenvalue weighted by molar-refractivity contribution is 7.88. The van der Waals surface area contributed by atoms with Crippen molar-refractivity contribution < 1.29 is 13.2 Å². The van der Waals surface area contributed by atoms with Crippen molar-refractivity contribution in [2.45, 2.75) is 25.9 Å². The lowest BCUT2D eigenvalue weighted by atomic mass is 10.0. The van der Waals surface area contributed by atoms with Gasteiger partial charge in [-0.3, -0.25) is 0 Å². The summed E-state index contributed by atoms with van der Waals surface area (Å²) in [5.41, 5.74) is 1.74. The Morgan fingerprint density at radius 3 is 2.73 bits per heavy atom. The van der Waals surface area contributed by atoms with E-state index in [1.54, 1.807) is 0 Å². The lowest BCUT2D eigenvalue weighted by molar-refractivity contribution is 0.0951. The summed E-state index contributed by atoms with van der Waals surface area (Å²) in [6.45, 7) is 5.35. The quantitative estimate of drug-likeness (QED) is 0.640. The molecule has 0 amide bonds. The van der Waals surface area contributed by atoms with E-state index in [-0.39, 0.29) is 5.92 Å². The third-order valence-corrected chi connectivity index (χ3v) is 4.97. The summed E-state index contributed by atoms with van der Waals surface area (Å²) in [5, 5.41) is 8.26. The van der Waals surface area contributed by atoms with E-state index in [1.807, 2.05) is 30.6 Å². The molecule has 1 aliphatic heterocycles. The first-order chi connectivity index (χ1) is 10.3. The summed E-state index contributed by atoms with van der Waals surface area (Å²) < 4.78 is 32.8. The van der Waals surface area contributed by atoms with Gasteiger partial charge in [0.1, 0.15) is 5.69 Å². The second kappa shape index (κ2) is 7.03. The van der Waals surface area contributed by atoms with Gasteiger partial charge < -0.3 is 9.64 Å². The first kappa shape index (κ1) is 17.3. The molecule has 1 atom stereocenters. The normalized spacial score (nSPS) is 19.6. The number of sulfonamides is 1. The van der Waals surface area contributed by atoms with Gasteiger partial charge in [-0.1, -0.05) is 5.21 Å². The van der Waals surface area contributed by atoms with Crippen LogP contribution in [0.4, 0.5) is 0 Å². The number of fused-ring (bicyclic) bond motifs is 1. The van der Waals surface area contributed by atoms with Gasteiger partial charge in [0.05, 0.1) is 31.7 Å². The second-order valence-electron chi connectivity index (χ2n) is 5.87. The Balaban J connectivity index is 2.14. The molecule has 0 N–H and O–H groups in total. The van der Waals surface area contributed by atoms with E-state index in [4.69, 9.17) is 4.74 Å². The van der Waals surface area contributed by atoms with Crippen LogP contribution in [-0.4, -0.2) is 79.3 Å². The van der Waals surface area contributed by atoms with Gasteiger partial charge in [-0.2, -0.15) is 4.31 Å². The van der Waals surface area contributed by atoms with Crippen LogP contribution in [0.25, 0.3) is 0 Å². The Bertz CT molecular complexity index is 599. The van der Waals surface area contributed by atoms with Gasteiger partial charge in [-0.25, -0.2) is 13.1 Å². The van der Waals surface area contributed by atoms with Gasteiger partial charge in [0, 0.05) is 25.6 Å². The van der Waals surface area contributed by atoms with Crippen molar-refractivity contribution in [3.8, 4) is 0 Å². The van der Waals surface area contributed by atoms with Crippen LogP contribution in [0.1, 0.15) is 24.2 Å². The van der Waals surface area contributed by atoms with Crippen molar-refractivity contribution in [3.05, 3.63) is 11.4 Å². The molecule has 1 aromatic rings. The van der Waals surface area contributed by atoms with Crippen molar-refractivity contribution in [2.75, 3.05) is 46.7 Å². The van der Waals surface area contributed by atoms with Crippen molar-refractivity contribution in [2.24, 2.45) is 0 Å². The zero-order valence-corrected chi connectivity index (χ0v) is 14.5. The molecule has 0 bridgehead atoms. The summed E-state index contributed by atoms with van der Waals surface area (Å²) in [7, 11) is 0.729. The summed E-state index contributed by atoms with van der Waals surface area (Å²) in [4.78, 5) is 2.05. The molecule has 8 nitrogen and oxygen atoms in total. The Kier molecular flexibility index (Phi) is 5.54. The molecule has 0 fully saturated rings. The standard InChI is InChI=1S/C13H25N5O3S/c1-5-18-13-11(10-21-7-6-16(2)3)8-17(22(4,19)20)9-12(13)14-15-18/h11H,5-10H2,1-4H3/t11-/m1/s1. The maximum absolute atomic E-state index is 11.9. The first-order valence-electron chi connectivity index (χ1n) is 7.42.